The lowest BCUT2D eigenvalue weighted by atomic mass is 9.95. The molecule has 1 saturated heterocycles. The summed E-state index contributed by atoms with van der Waals surface area (Å²) in [7, 11) is 3.01. The molecule has 0 saturated carbocycles. The Morgan fingerprint density at radius 2 is 1.65 bits per heavy atom. The van der Waals surface area contributed by atoms with Gasteiger partial charge in [-0.15, -0.1) is 0 Å². The Kier molecular flexibility index (Phi) is 4.69. The number of carbonyl (C=O) groups is 3. The first kappa shape index (κ1) is 17.9. The summed E-state index contributed by atoms with van der Waals surface area (Å²) < 4.78 is 0. The average molecular weight is 370 g/mol. The molecule has 1 atom stereocenters. The molecule has 8 heteroatoms. The number of hydrogen-bond acceptors (Lipinski definition) is 5. The van der Waals surface area contributed by atoms with Gasteiger partial charge in [0, 0.05) is 26.2 Å². The maximum absolute atomic E-state index is 12.9. The zero-order valence-corrected chi connectivity index (χ0v) is 15.5. The highest BCUT2D eigenvalue weighted by Gasteiger charge is 2.38. The summed E-state index contributed by atoms with van der Waals surface area (Å²) in [6.45, 7) is 1.81. The normalized spacial score (nSPS) is 21.3. The molecule has 2 aliphatic heterocycles. The predicted molar refractivity (Wildman–Crippen MR) is 101 cm³/mol. The van der Waals surface area contributed by atoms with Crippen LogP contribution in [0.25, 0.3) is 0 Å². The van der Waals surface area contributed by atoms with E-state index in [0.717, 1.165) is 5.71 Å². The number of nitrogens with zero attached hydrogens (tertiary/aromatic N) is 4. The number of para-hydroxylation sites is 1. The number of benzene rings is 1. The van der Waals surface area contributed by atoms with Crippen molar-refractivity contribution in [1.29, 1.82) is 0 Å². The Labute approximate surface area is 156 Å². The van der Waals surface area contributed by atoms with Crippen LogP contribution in [0, 0.1) is 5.92 Å². The van der Waals surface area contributed by atoms with Gasteiger partial charge in [-0.1, -0.05) is 24.3 Å². The minimum absolute atomic E-state index is 0.0512. The second kappa shape index (κ2) is 6.80. The van der Waals surface area contributed by atoms with Crippen molar-refractivity contribution in [3.8, 4) is 0 Å². The van der Waals surface area contributed by atoms with Crippen LogP contribution in [0.5, 0.6) is 0 Å². The molecule has 0 radical (unpaired) electrons. The van der Waals surface area contributed by atoms with Crippen LogP contribution in [-0.4, -0.2) is 52.4 Å². The van der Waals surface area contributed by atoms with Gasteiger partial charge in [0.15, 0.2) is 5.11 Å². The highest BCUT2D eigenvalue weighted by molar-refractivity contribution is 7.80. The van der Waals surface area contributed by atoms with Gasteiger partial charge >= 0.3 is 0 Å². The molecular formula is C18H18N4O3S. The Hall–Kier alpha value is -2.87. The Morgan fingerprint density at radius 3 is 2.23 bits per heavy atom. The van der Waals surface area contributed by atoms with Crippen LogP contribution in [0.1, 0.15) is 13.3 Å². The largest absolute Gasteiger partial charge is 0.288 e. The summed E-state index contributed by atoms with van der Waals surface area (Å²) in [5, 5.41) is 5.77. The minimum Gasteiger partial charge on any atom is -0.288 e. The lowest BCUT2D eigenvalue weighted by Crippen LogP contribution is -2.53. The van der Waals surface area contributed by atoms with Crippen LogP contribution >= 0.6 is 12.2 Å². The molecule has 0 N–H and O–H groups in total. The number of thiocarbonyl (C=S) groups is 1. The van der Waals surface area contributed by atoms with E-state index in [1.807, 2.05) is 25.1 Å². The van der Waals surface area contributed by atoms with Crippen LogP contribution in [0.2, 0.25) is 0 Å². The van der Waals surface area contributed by atoms with E-state index in [0.29, 0.717) is 12.1 Å². The lowest BCUT2D eigenvalue weighted by molar-refractivity contribution is -0.132. The molecule has 0 aromatic heterocycles. The average Bonchev–Trinajstić information content (AvgIpc) is 2.65. The molecule has 26 heavy (non-hydrogen) atoms. The van der Waals surface area contributed by atoms with E-state index in [4.69, 9.17) is 12.2 Å². The van der Waals surface area contributed by atoms with Crippen LogP contribution in [0.3, 0.4) is 0 Å². The van der Waals surface area contributed by atoms with Gasteiger partial charge in [-0.05, 0) is 31.3 Å². The summed E-state index contributed by atoms with van der Waals surface area (Å²) in [5.74, 6) is -1.94. The summed E-state index contributed by atoms with van der Waals surface area (Å²) in [4.78, 5) is 40.3. The zero-order chi connectivity index (χ0) is 19.0. The molecule has 2 heterocycles. The molecule has 0 spiro atoms. The molecular weight excluding hydrogens is 352 g/mol. The molecule has 7 nitrogen and oxygen atoms in total. The van der Waals surface area contributed by atoms with E-state index in [9.17, 15) is 14.4 Å². The third-order valence-corrected chi connectivity index (χ3v) is 4.87. The van der Waals surface area contributed by atoms with E-state index in [1.54, 1.807) is 12.1 Å². The third kappa shape index (κ3) is 3.03. The molecule has 0 aliphatic carbocycles. The SMILES string of the molecule is CC1=NN(c2ccccc2)C(=O)C(C=C2C(=O)N(C)C(=S)N(C)C2=O)C1. The van der Waals surface area contributed by atoms with Crippen molar-refractivity contribution in [2.75, 3.05) is 19.1 Å². The van der Waals surface area contributed by atoms with Crippen LogP contribution in [-0.2, 0) is 14.4 Å². The Balaban J connectivity index is 1.96. The maximum atomic E-state index is 12.9. The number of rotatable bonds is 2. The van der Waals surface area contributed by atoms with E-state index in [1.165, 1.54) is 35.0 Å². The van der Waals surface area contributed by atoms with Crippen molar-refractivity contribution in [1.82, 2.24) is 9.80 Å². The number of amides is 3. The fourth-order valence-electron chi connectivity index (χ4n) is 2.90. The van der Waals surface area contributed by atoms with E-state index < -0.39 is 17.7 Å². The Bertz CT molecular complexity index is 836. The van der Waals surface area contributed by atoms with E-state index in [-0.39, 0.29) is 16.6 Å². The van der Waals surface area contributed by atoms with Crippen LogP contribution in [0.4, 0.5) is 5.69 Å². The molecule has 3 amide bonds. The quantitative estimate of drug-likeness (QED) is 0.450. The van der Waals surface area contributed by atoms with Gasteiger partial charge in [0.1, 0.15) is 5.57 Å². The topological polar surface area (TPSA) is 73.3 Å². The fourth-order valence-corrected chi connectivity index (χ4v) is 3.07. The lowest BCUT2D eigenvalue weighted by Gasteiger charge is -2.33. The van der Waals surface area contributed by atoms with Crippen LogP contribution in [0.15, 0.2) is 47.1 Å². The molecule has 3 rings (SSSR count). The van der Waals surface area contributed by atoms with Crippen molar-refractivity contribution in [3.63, 3.8) is 0 Å². The molecule has 134 valence electrons. The van der Waals surface area contributed by atoms with Crippen molar-refractivity contribution in [2.24, 2.45) is 11.0 Å². The van der Waals surface area contributed by atoms with Gasteiger partial charge in [-0.2, -0.15) is 5.10 Å². The maximum Gasteiger partial charge on any atom is 0.265 e. The first-order valence-corrected chi connectivity index (χ1v) is 8.47. The highest BCUT2D eigenvalue weighted by atomic mass is 32.1. The van der Waals surface area contributed by atoms with Gasteiger partial charge in [0.25, 0.3) is 17.7 Å². The fraction of sp³-hybridized carbons (Fsp3) is 0.278. The standard InChI is InChI=1S/C18H18N4O3S/c1-11-9-12(15(23)22(19-11)13-7-5-4-6-8-13)10-14-16(24)20(2)18(26)21(3)17(14)25/h4-8,10,12H,9H2,1-3H3. The molecule has 1 aromatic rings. The zero-order valence-electron chi connectivity index (χ0n) is 14.7. The number of hydrogen-bond donors (Lipinski definition) is 0. The van der Waals surface area contributed by atoms with Gasteiger partial charge in [-0.25, -0.2) is 5.01 Å². The van der Waals surface area contributed by atoms with Crippen molar-refractivity contribution < 1.29 is 14.4 Å². The Morgan fingerprint density at radius 1 is 1.08 bits per heavy atom. The molecule has 0 bridgehead atoms. The second-order valence-corrected chi connectivity index (χ2v) is 6.59. The summed E-state index contributed by atoms with van der Waals surface area (Å²) in [6, 6.07) is 9.04. The second-order valence-electron chi connectivity index (χ2n) is 6.22. The van der Waals surface area contributed by atoms with Gasteiger partial charge in [0.2, 0.25) is 0 Å². The summed E-state index contributed by atoms with van der Waals surface area (Å²) in [6.07, 6.45) is 1.79. The van der Waals surface area contributed by atoms with Crippen LogP contribution < -0.4 is 5.01 Å². The molecule has 1 fully saturated rings. The number of hydrazone groups is 1. The number of carbonyl (C=O) groups excluding carboxylic acids is 3. The van der Waals surface area contributed by atoms with E-state index in [2.05, 4.69) is 5.10 Å². The first-order valence-electron chi connectivity index (χ1n) is 8.06. The van der Waals surface area contributed by atoms with Gasteiger partial charge in [0.05, 0.1) is 11.6 Å². The molecule has 1 unspecified atom stereocenters. The van der Waals surface area contributed by atoms with Gasteiger partial charge < -0.3 is 0 Å². The highest BCUT2D eigenvalue weighted by Crippen LogP contribution is 2.26. The number of likely N-dealkylation sites (N-methyl/N-ethyl adjacent to an activating group) is 2. The molecule has 2 aliphatic rings. The summed E-state index contributed by atoms with van der Waals surface area (Å²) >= 11 is 5.08. The summed E-state index contributed by atoms with van der Waals surface area (Å²) in [5.41, 5.74) is 1.32. The minimum atomic E-state index is -0.649. The van der Waals surface area contributed by atoms with Crippen molar-refractivity contribution in [3.05, 3.63) is 42.0 Å². The van der Waals surface area contributed by atoms with Crippen molar-refractivity contribution >= 4 is 46.5 Å². The smallest absolute Gasteiger partial charge is 0.265 e. The van der Waals surface area contributed by atoms with Crippen molar-refractivity contribution in [2.45, 2.75) is 13.3 Å². The van der Waals surface area contributed by atoms with E-state index >= 15 is 0 Å². The molecule has 1 aromatic carbocycles. The first-order chi connectivity index (χ1) is 12.3. The monoisotopic (exact) mass is 370 g/mol. The number of anilines is 1. The third-order valence-electron chi connectivity index (χ3n) is 4.32. The predicted octanol–water partition coefficient (Wildman–Crippen LogP) is 1.56. The van der Waals surface area contributed by atoms with Gasteiger partial charge in [-0.3, -0.25) is 24.2 Å².